The molecule has 5 heteroatoms. The molecule has 2 aromatic heterocycles. The Kier molecular flexibility index (Phi) is 4.21. The molecule has 1 N–H and O–H groups in total. The molecule has 5 nitrogen and oxygen atoms in total. The minimum Gasteiger partial charge on any atom is -0.352 e. The van der Waals surface area contributed by atoms with Gasteiger partial charge in [0.2, 0.25) is 0 Å². The molecule has 0 saturated carbocycles. The first-order chi connectivity index (χ1) is 14.2. The van der Waals surface area contributed by atoms with Gasteiger partial charge in [-0.15, -0.1) is 0 Å². The highest BCUT2D eigenvalue weighted by Crippen LogP contribution is 2.33. The van der Waals surface area contributed by atoms with Gasteiger partial charge in [0.15, 0.2) is 0 Å². The molecule has 1 amide bonds. The minimum absolute atomic E-state index is 0.0327. The lowest BCUT2D eigenvalue weighted by Gasteiger charge is -2.23. The van der Waals surface area contributed by atoms with E-state index in [2.05, 4.69) is 28.3 Å². The second-order valence-corrected chi connectivity index (χ2v) is 7.32. The monoisotopic (exact) mass is 380 g/mol. The SMILES string of the molecule is CC1Cc2ccccc2N1C(=O)c1cncc(Nc2cccc3cccnc23)c1. The fourth-order valence-corrected chi connectivity index (χ4v) is 4.00. The second kappa shape index (κ2) is 7.02. The first kappa shape index (κ1) is 17.4. The predicted molar refractivity (Wildman–Crippen MR) is 116 cm³/mol. The molecule has 0 saturated heterocycles. The number of carbonyl (C=O) groups is 1. The van der Waals surface area contributed by atoms with Crippen LogP contribution in [0.1, 0.15) is 22.8 Å². The number of hydrogen-bond donors (Lipinski definition) is 1. The van der Waals surface area contributed by atoms with E-state index in [0.717, 1.165) is 34.4 Å². The summed E-state index contributed by atoms with van der Waals surface area (Å²) in [6.07, 6.45) is 6.00. The number of para-hydroxylation sites is 2. The van der Waals surface area contributed by atoms with Crippen LogP contribution in [-0.2, 0) is 6.42 Å². The molecule has 0 aliphatic carbocycles. The Morgan fingerprint density at radius 2 is 1.93 bits per heavy atom. The fourth-order valence-electron chi connectivity index (χ4n) is 4.00. The Morgan fingerprint density at radius 3 is 2.86 bits per heavy atom. The molecule has 2 aromatic carbocycles. The van der Waals surface area contributed by atoms with Gasteiger partial charge >= 0.3 is 0 Å². The van der Waals surface area contributed by atoms with Crippen LogP contribution in [0.4, 0.5) is 17.1 Å². The maximum atomic E-state index is 13.3. The van der Waals surface area contributed by atoms with Crippen LogP contribution < -0.4 is 10.2 Å². The van der Waals surface area contributed by atoms with Crippen LogP contribution in [0.15, 0.2) is 79.3 Å². The highest BCUT2D eigenvalue weighted by atomic mass is 16.2. The standard InChI is InChI=1S/C24H20N4O/c1-16-12-18-6-2-3-10-22(18)28(16)24(29)19-13-20(15-25-14-19)27-21-9-4-7-17-8-5-11-26-23(17)21/h2-11,13-16,27H,12H2,1H3. The van der Waals surface area contributed by atoms with E-state index in [1.807, 2.05) is 59.5 Å². The molecule has 0 fully saturated rings. The first-order valence-corrected chi connectivity index (χ1v) is 9.68. The van der Waals surface area contributed by atoms with Crippen molar-refractivity contribution in [1.29, 1.82) is 0 Å². The van der Waals surface area contributed by atoms with Crippen molar-refractivity contribution in [2.75, 3.05) is 10.2 Å². The van der Waals surface area contributed by atoms with Gasteiger partial charge in [-0.25, -0.2) is 0 Å². The molecular formula is C24H20N4O. The van der Waals surface area contributed by atoms with Crippen molar-refractivity contribution in [3.05, 3.63) is 90.4 Å². The van der Waals surface area contributed by atoms with Gasteiger partial charge in [0.1, 0.15) is 0 Å². The number of rotatable bonds is 3. The Balaban J connectivity index is 1.46. The summed E-state index contributed by atoms with van der Waals surface area (Å²) in [4.78, 5) is 23.9. The van der Waals surface area contributed by atoms with Crippen molar-refractivity contribution in [2.45, 2.75) is 19.4 Å². The number of pyridine rings is 2. The van der Waals surface area contributed by atoms with Crippen molar-refractivity contribution in [2.24, 2.45) is 0 Å². The normalized spacial score (nSPS) is 15.3. The van der Waals surface area contributed by atoms with Gasteiger partial charge in [0, 0.05) is 29.5 Å². The van der Waals surface area contributed by atoms with Crippen LogP contribution in [0.2, 0.25) is 0 Å². The van der Waals surface area contributed by atoms with Gasteiger partial charge < -0.3 is 10.2 Å². The zero-order valence-corrected chi connectivity index (χ0v) is 16.0. The largest absolute Gasteiger partial charge is 0.352 e. The first-order valence-electron chi connectivity index (χ1n) is 9.68. The zero-order chi connectivity index (χ0) is 19.8. The highest BCUT2D eigenvalue weighted by molar-refractivity contribution is 6.08. The second-order valence-electron chi connectivity index (χ2n) is 7.32. The summed E-state index contributed by atoms with van der Waals surface area (Å²) in [7, 11) is 0. The van der Waals surface area contributed by atoms with E-state index in [9.17, 15) is 4.79 Å². The lowest BCUT2D eigenvalue weighted by molar-refractivity contribution is 0.0981. The lowest BCUT2D eigenvalue weighted by Crippen LogP contribution is -2.35. The molecule has 29 heavy (non-hydrogen) atoms. The van der Waals surface area contributed by atoms with E-state index in [0.29, 0.717) is 5.56 Å². The molecule has 1 aliphatic rings. The van der Waals surface area contributed by atoms with E-state index in [1.54, 1.807) is 18.6 Å². The Bertz CT molecular complexity index is 1210. The topological polar surface area (TPSA) is 58.1 Å². The summed E-state index contributed by atoms with van der Waals surface area (Å²) in [6.45, 7) is 2.08. The summed E-state index contributed by atoms with van der Waals surface area (Å²) in [5.74, 6) is -0.0327. The number of fused-ring (bicyclic) bond motifs is 2. The van der Waals surface area contributed by atoms with Crippen molar-refractivity contribution in [3.8, 4) is 0 Å². The Hall–Kier alpha value is -3.73. The predicted octanol–water partition coefficient (Wildman–Crippen LogP) is 4.96. The van der Waals surface area contributed by atoms with Crippen molar-refractivity contribution >= 4 is 33.9 Å². The zero-order valence-electron chi connectivity index (χ0n) is 16.0. The summed E-state index contributed by atoms with van der Waals surface area (Å²) in [6, 6.07) is 20.0. The summed E-state index contributed by atoms with van der Waals surface area (Å²) in [5, 5.41) is 4.42. The van der Waals surface area contributed by atoms with Gasteiger partial charge in [-0.05, 0) is 43.2 Å². The average molecular weight is 380 g/mol. The van der Waals surface area contributed by atoms with Crippen LogP contribution in [-0.4, -0.2) is 21.9 Å². The highest BCUT2D eigenvalue weighted by Gasteiger charge is 2.31. The number of aromatic nitrogens is 2. The van der Waals surface area contributed by atoms with Crippen LogP contribution in [0.5, 0.6) is 0 Å². The lowest BCUT2D eigenvalue weighted by atomic mass is 10.1. The molecule has 1 aliphatic heterocycles. The van der Waals surface area contributed by atoms with Gasteiger partial charge in [0.25, 0.3) is 5.91 Å². The van der Waals surface area contributed by atoms with E-state index < -0.39 is 0 Å². The Labute approximate surface area is 169 Å². The minimum atomic E-state index is -0.0327. The van der Waals surface area contributed by atoms with E-state index in [4.69, 9.17) is 0 Å². The third-order valence-corrected chi connectivity index (χ3v) is 5.32. The quantitative estimate of drug-likeness (QED) is 0.545. The Morgan fingerprint density at radius 1 is 1.07 bits per heavy atom. The summed E-state index contributed by atoms with van der Waals surface area (Å²) in [5.41, 5.74) is 5.28. The average Bonchev–Trinajstić information content (AvgIpc) is 3.09. The van der Waals surface area contributed by atoms with Gasteiger partial charge in [-0.3, -0.25) is 14.8 Å². The van der Waals surface area contributed by atoms with Crippen LogP contribution in [0.25, 0.3) is 10.9 Å². The van der Waals surface area contributed by atoms with E-state index in [1.165, 1.54) is 5.56 Å². The maximum absolute atomic E-state index is 13.3. The number of carbonyl (C=O) groups excluding carboxylic acids is 1. The van der Waals surface area contributed by atoms with Crippen molar-refractivity contribution in [3.63, 3.8) is 0 Å². The van der Waals surface area contributed by atoms with Crippen molar-refractivity contribution in [1.82, 2.24) is 9.97 Å². The number of nitrogens with one attached hydrogen (secondary N) is 1. The molecule has 5 rings (SSSR count). The van der Waals surface area contributed by atoms with Crippen molar-refractivity contribution < 1.29 is 4.79 Å². The maximum Gasteiger partial charge on any atom is 0.260 e. The molecule has 0 bridgehead atoms. The van der Waals surface area contributed by atoms with Crippen LogP contribution in [0.3, 0.4) is 0 Å². The number of benzene rings is 2. The third kappa shape index (κ3) is 3.10. The molecule has 142 valence electrons. The van der Waals surface area contributed by atoms with Gasteiger partial charge in [-0.2, -0.15) is 0 Å². The fraction of sp³-hybridized carbons (Fsp3) is 0.125. The van der Waals surface area contributed by atoms with E-state index in [-0.39, 0.29) is 11.9 Å². The molecule has 1 atom stereocenters. The number of hydrogen-bond acceptors (Lipinski definition) is 4. The molecule has 4 aromatic rings. The van der Waals surface area contributed by atoms with Gasteiger partial charge in [-0.1, -0.05) is 36.4 Å². The summed E-state index contributed by atoms with van der Waals surface area (Å²) < 4.78 is 0. The molecule has 3 heterocycles. The number of nitrogens with zero attached hydrogens (tertiary/aromatic N) is 3. The number of amides is 1. The van der Waals surface area contributed by atoms with E-state index >= 15 is 0 Å². The third-order valence-electron chi connectivity index (χ3n) is 5.32. The van der Waals surface area contributed by atoms with Crippen LogP contribution >= 0.6 is 0 Å². The molecule has 0 spiro atoms. The molecule has 0 radical (unpaired) electrons. The molecule has 1 unspecified atom stereocenters. The molecular weight excluding hydrogens is 360 g/mol. The van der Waals surface area contributed by atoms with Gasteiger partial charge in [0.05, 0.1) is 28.7 Å². The smallest absolute Gasteiger partial charge is 0.260 e. The van der Waals surface area contributed by atoms with Crippen LogP contribution in [0, 0.1) is 0 Å². The summed E-state index contributed by atoms with van der Waals surface area (Å²) >= 11 is 0. The number of anilines is 3.